The van der Waals surface area contributed by atoms with Crippen LogP contribution >= 0.6 is 11.6 Å². The Morgan fingerprint density at radius 1 is 0.774 bits per heavy atom. The minimum atomic E-state index is -4.66. The Hall–Kier alpha value is -3.65. The molecule has 31 heavy (non-hydrogen) atoms. The maximum atomic E-state index is 13.5. The van der Waals surface area contributed by atoms with Crippen molar-refractivity contribution in [3.8, 4) is 11.4 Å². The van der Waals surface area contributed by atoms with E-state index < -0.39 is 6.30 Å². The van der Waals surface area contributed by atoms with Gasteiger partial charge in [0, 0.05) is 16.3 Å². The first-order valence-electron chi connectivity index (χ1n) is 9.25. The molecule has 0 spiro atoms. The molecule has 0 amide bonds. The summed E-state index contributed by atoms with van der Waals surface area (Å²) in [4.78, 5) is 9.14. The van der Waals surface area contributed by atoms with E-state index in [0.29, 0.717) is 38.5 Å². The van der Waals surface area contributed by atoms with Gasteiger partial charge in [0.25, 0.3) is 0 Å². The fourth-order valence-electron chi connectivity index (χ4n) is 3.40. The molecule has 0 bridgehead atoms. The van der Waals surface area contributed by atoms with E-state index in [2.05, 4.69) is 20.4 Å². The van der Waals surface area contributed by atoms with Gasteiger partial charge in [-0.15, -0.1) is 18.3 Å². The van der Waals surface area contributed by atoms with Crippen molar-refractivity contribution in [1.82, 2.24) is 19.7 Å². The third-order valence-electron chi connectivity index (χ3n) is 4.78. The van der Waals surface area contributed by atoms with Crippen molar-refractivity contribution < 1.29 is 13.2 Å². The Balaban J connectivity index is 1.71. The van der Waals surface area contributed by atoms with Crippen LogP contribution in [0.3, 0.4) is 0 Å². The van der Waals surface area contributed by atoms with Gasteiger partial charge in [0.1, 0.15) is 5.82 Å². The molecule has 0 aliphatic heterocycles. The Kier molecular flexibility index (Phi) is 4.51. The van der Waals surface area contributed by atoms with Crippen LogP contribution in [0.5, 0.6) is 0 Å². The van der Waals surface area contributed by atoms with Gasteiger partial charge in [0.2, 0.25) is 0 Å². The van der Waals surface area contributed by atoms with Crippen LogP contribution in [0.1, 0.15) is 0 Å². The van der Waals surface area contributed by atoms with E-state index in [1.165, 1.54) is 12.1 Å². The highest BCUT2D eigenvalue weighted by Gasteiger charge is 2.34. The molecule has 9 heteroatoms. The molecular weight excluding hydrogens is 427 g/mol. The highest BCUT2D eigenvalue weighted by molar-refractivity contribution is 6.33. The summed E-state index contributed by atoms with van der Waals surface area (Å²) in [5.74, 6) is 0.728. The normalized spacial score (nSPS) is 11.9. The molecule has 0 aliphatic rings. The van der Waals surface area contributed by atoms with Crippen LogP contribution in [0.25, 0.3) is 33.2 Å². The van der Waals surface area contributed by atoms with E-state index in [1.54, 1.807) is 48.5 Å². The molecule has 0 radical (unpaired) electrons. The predicted molar refractivity (Wildman–Crippen MR) is 114 cm³/mol. The monoisotopic (exact) mass is 439 g/mol. The number of anilines is 2. The molecule has 0 fully saturated rings. The number of nitrogens with zero attached hydrogens (tertiary/aromatic N) is 4. The van der Waals surface area contributed by atoms with Crippen molar-refractivity contribution in [2.45, 2.75) is 6.30 Å². The number of hydrogen-bond acceptors (Lipinski definition) is 4. The van der Waals surface area contributed by atoms with Gasteiger partial charge in [0.05, 0.1) is 16.1 Å². The SMILES string of the molecule is FC(F)(F)n1nc(Nc2nc(-c3ccccc3Cl)nc3ccccc23)c2ccccc21. The second-order valence-electron chi connectivity index (χ2n) is 6.76. The van der Waals surface area contributed by atoms with Gasteiger partial charge in [-0.05, 0) is 36.4 Å². The predicted octanol–water partition coefficient (Wildman–Crippen LogP) is 6.52. The highest BCUT2D eigenvalue weighted by Crippen LogP contribution is 2.34. The van der Waals surface area contributed by atoms with Crippen LogP contribution in [0.15, 0.2) is 72.8 Å². The Morgan fingerprint density at radius 3 is 2.23 bits per heavy atom. The Morgan fingerprint density at radius 2 is 1.45 bits per heavy atom. The first-order valence-corrected chi connectivity index (χ1v) is 9.63. The first-order chi connectivity index (χ1) is 14.9. The van der Waals surface area contributed by atoms with Crippen molar-refractivity contribution in [3.05, 3.63) is 77.8 Å². The summed E-state index contributed by atoms with van der Waals surface area (Å²) in [5.41, 5.74) is 1.18. The zero-order valence-corrected chi connectivity index (χ0v) is 16.5. The molecule has 0 aliphatic carbocycles. The lowest BCUT2D eigenvalue weighted by Gasteiger charge is -2.11. The van der Waals surface area contributed by atoms with Crippen LogP contribution in [0.2, 0.25) is 5.02 Å². The van der Waals surface area contributed by atoms with Crippen molar-refractivity contribution in [1.29, 1.82) is 0 Å². The zero-order valence-electron chi connectivity index (χ0n) is 15.7. The van der Waals surface area contributed by atoms with E-state index in [1.807, 2.05) is 12.1 Å². The number of fused-ring (bicyclic) bond motifs is 2. The van der Waals surface area contributed by atoms with Crippen molar-refractivity contribution in [2.24, 2.45) is 0 Å². The van der Waals surface area contributed by atoms with Gasteiger partial charge in [-0.25, -0.2) is 9.97 Å². The van der Waals surface area contributed by atoms with Gasteiger partial charge in [0.15, 0.2) is 11.6 Å². The lowest BCUT2D eigenvalue weighted by molar-refractivity contribution is -0.208. The van der Waals surface area contributed by atoms with Crippen LogP contribution in [0.4, 0.5) is 24.8 Å². The van der Waals surface area contributed by atoms with Crippen molar-refractivity contribution in [3.63, 3.8) is 0 Å². The van der Waals surface area contributed by atoms with E-state index in [9.17, 15) is 13.2 Å². The van der Waals surface area contributed by atoms with E-state index >= 15 is 0 Å². The topological polar surface area (TPSA) is 55.6 Å². The summed E-state index contributed by atoms with van der Waals surface area (Å²) in [7, 11) is 0. The number of alkyl halides is 3. The maximum absolute atomic E-state index is 13.5. The summed E-state index contributed by atoms with van der Waals surface area (Å²) in [6.45, 7) is 0. The van der Waals surface area contributed by atoms with E-state index in [0.717, 1.165) is 0 Å². The Bertz CT molecular complexity index is 1430. The molecule has 5 rings (SSSR count). The largest absolute Gasteiger partial charge is 0.505 e. The highest BCUT2D eigenvalue weighted by atomic mass is 35.5. The molecular formula is C22H13ClF3N5. The zero-order chi connectivity index (χ0) is 21.6. The summed E-state index contributed by atoms with van der Waals surface area (Å²) in [6.07, 6.45) is -4.66. The minimum absolute atomic E-state index is 0.0434. The fourth-order valence-corrected chi connectivity index (χ4v) is 3.62. The van der Waals surface area contributed by atoms with E-state index in [-0.39, 0.29) is 16.0 Å². The molecule has 2 heterocycles. The van der Waals surface area contributed by atoms with Gasteiger partial charge < -0.3 is 5.32 Å². The lowest BCUT2D eigenvalue weighted by atomic mass is 10.1. The summed E-state index contributed by atoms with van der Waals surface area (Å²) in [6, 6.07) is 20.5. The third kappa shape index (κ3) is 3.44. The number of para-hydroxylation sites is 2. The quantitative estimate of drug-likeness (QED) is 0.347. The first kappa shape index (κ1) is 19.3. The molecule has 154 valence electrons. The number of hydrogen-bond donors (Lipinski definition) is 1. The Labute approximate surface area is 179 Å². The molecule has 5 nitrogen and oxygen atoms in total. The molecule has 2 aromatic heterocycles. The average molecular weight is 440 g/mol. The number of rotatable bonds is 3. The number of aromatic nitrogens is 4. The van der Waals surface area contributed by atoms with Gasteiger partial charge in [-0.1, -0.05) is 48.0 Å². The smallest absolute Gasteiger partial charge is 0.322 e. The van der Waals surface area contributed by atoms with Crippen molar-refractivity contribution in [2.75, 3.05) is 5.32 Å². The van der Waals surface area contributed by atoms with Crippen LogP contribution in [-0.2, 0) is 6.30 Å². The lowest BCUT2D eigenvalue weighted by Crippen LogP contribution is -2.18. The summed E-state index contributed by atoms with van der Waals surface area (Å²) < 4.78 is 40.5. The molecule has 3 aromatic carbocycles. The average Bonchev–Trinajstić information content (AvgIpc) is 3.13. The number of benzene rings is 3. The van der Waals surface area contributed by atoms with Gasteiger partial charge in [-0.2, -0.15) is 4.68 Å². The molecule has 1 N–H and O–H groups in total. The second-order valence-corrected chi connectivity index (χ2v) is 7.17. The minimum Gasteiger partial charge on any atom is -0.322 e. The van der Waals surface area contributed by atoms with Crippen LogP contribution < -0.4 is 5.32 Å². The number of halogens is 4. The molecule has 0 atom stereocenters. The molecule has 5 aromatic rings. The van der Waals surface area contributed by atoms with E-state index in [4.69, 9.17) is 11.6 Å². The van der Waals surface area contributed by atoms with Gasteiger partial charge in [-0.3, -0.25) is 0 Å². The molecule has 0 saturated heterocycles. The second kappa shape index (κ2) is 7.24. The summed E-state index contributed by atoms with van der Waals surface area (Å²) >= 11 is 6.31. The maximum Gasteiger partial charge on any atom is 0.505 e. The third-order valence-corrected chi connectivity index (χ3v) is 5.11. The number of nitrogens with one attached hydrogen (secondary N) is 1. The van der Waals surface area contributed by atoms with Crippen LogP contribution in [-0.4, -0.2) is 19.7 Å². The fraction of sp³-hybridized carbons (Fsp3) is 0.0455. The summed E-state index contributed by atoms with van der Waals surface area (Å²) in [5, 5.41) is 8.19. The van der Waals surface area contributed by atoms with Crippen LogP contribution in [0, 0.1) is 0 Å². The molecule has 0 unspecified atom stereocenters. The standard InChI is InChI=1S/C22H13ClF3N5/c23-16-10-4-1-7-13(16)19-27-17-11-5-2-8-14(17)20(28-19)29-21-15-9-3-6-12-18(15)31(30-21)22(24,25)26/h1-12H,(H,27,28,29,30). The molecule has 0 saturated carbocycles. The van der Waals surface area contributed by atoms with Gasteiger partial charge >= 0.3 is 6.30 Å². The van der Waals surface area contributed by atoms with Crippen molar-refractivity contribution >= 4 is 45.0 Å².